The van der Waals surface area contributed by atoms with Gasteiger partial charge in [-0.3, -0.25) is 14.5 Å². The summed E-state index contributed by atoms with van der Waals surface area (Å²) >= 11 is 0. The van der Waals surface area contributed by atoms with E-state index in [4.69, 9.17) is 0 Å². The van der Waals surface area contributed by atoms with E-state index < -0.39 is 0 Å². The number of piperidine rings is 2. The fourth-order valence-corrected chi connectivity index (χ4v) is 3.22. The normalized spacial score (nSPS) is 28.2. The topological polar surface area (TPSA) is 49.4 Å². The first-order chi connectivity index (χ1) is 8.70. The highest BCUT2D eigenvalue weighted by Crippen LogP contribution is 2.32. The number of rotatable bonds is 5. The molecular formula is C14H24N2O2. The Bertz CT molecular complexity index is 301. The number of carbonyl (C=O) groups excluding carboxylic acids is 2. The molecule has 0 aromatic rings. The van der Waals surface area contributed by atoms with Crippen molar-refractivity contribution in [1.29, 1.82) is 0 Å². The SMILES string of the molecule is CCCNC(=O)CCN1C2CCCC1CC(=O)C2. The molecule has 0 aromatic carbocycles. The summed E-state index contributed by atoms with van der Waals surface area (Å²) in [6, 6.07) is 0.813. The number of amides is 1. The van der Waals surface area contributed by atoms with Crippen LogP contribution < -0.4 is 5.32 Å². The predicted octanol–water partition coefficient (Wildman–Crippen LogP) is 1.49. The molecule has 2 heterocycles. The maximum Gasteiger partial charge on any atom is 0.221 e. The van der Waals surface area contributed by atoms with E-state index in [9.17, 15) is 9.59 Å². The molecule has 0 spiro atoms. The van der Waals surface area contributed by atoms with Crippen LogP contribution in [0.4, 0.5) is 0 Å². The number of hydrogen-bond acceptors (Lipinski definition) is 3. The second-order valence-corrected chi connectivity index (χ2v) is 5.52. The lowest BCUT2D eigenvalue weighted by atomic mass is 9.83. The fourth-order valence-electron chi connectivity index (χ4n) is 3.22. The van der Waals surface area contributed by atoms with Gasteiger partial charge in [-0.05, 0) is 19.3 Å². The molecule has 2 aliphatic rings. The van der Waals surface area contributed by atoms with Gasteiger partial charge in [0.25, 0.3) is 0 Å². The molecule has 2 unspecified atom stereocenters. The zero-order chi connectivity index (χ0) is 13.0. The van der Waals surface area contributed by atoms with E-state index in [0.29, 0.717) is 37.1 Å². The first kappa shape index (κ1) is 13.5. The summed E-state index contributed by atoms with van der Waals surface area (Å²) in [6.45, 7) is 3.64. The van der Waals surface area contributed by atoms with Crippen LogP contribution in [0.2, 0.25) is 0 Å². The number of hydrogen-bond donors (Lipinski definition) is 1. The first-order valence-corrected chi connectivity index (χ1v) is 7.25. The van der Waals surface area contributed by atoms with Gasteiger partial charge in [0.2, 0.25) is 5.91 Å². The highest BCUT2D eigenvalue weighted by Gasteiger charge is 2.37. The van der Waals surface area contributed by atoms with Crippen LogP contribution in [0.1, 0.15) is 51.9 Å². The van der Waals surface area contributed by atoms with Crippen LogP contribution in [0.25, 0.3) is 0 Å². The van der Waals surface area contributed by atoms with Crippen molar-refractivity contribution < 1.29 is 9.59 Å². The Balaban J connectivity index is 1.81. The first-order valence-electron chi connectivity index (χ1n) is 7.25. The average molecular weight is 252 g/mol. The van der Waals surface area contributed by atoms with Crippen molar-refractivity contribution >= 4 is 11.7 Å². The van der Waals surface area contributed by atoms with Crippen LogP contribution in [0.5, 0.6) is 0 Å². The van der Waals surface area contributed by atoms with Gasteiger partial charge >= 0.3 is 0 Å². The van der Waals surface area contributed by atoms with Gasteiger partial charge in [0.05, 0.1) is 0 Å². The molecule has 4 nitrogen and oxygen atoms in total. The minimum absolute atomic E-state index is 0.145. The number of carbonyl (C=O) groups is 2. The molecule has 1 N–H and O–H groups in total. The van der Waals surface area contributed by atoms with Crippen molar-refractivity contribution in [3.63, 3.8) is 0 Å². The van der Waals surface area contributed by atoms with Crippen LogP contribution in [0, 0.1) is 0 Å². The van der Waals surface area contributed by atoms with Crippen molar-refractivity contribution in [2.75, 3.05) is 13.1 Å². The number of ketones is 1. The molecule has 2 fully saturated rings. The average Bonchev–Trinajstić information content (AvgIpc) is 2.33. The van der Waals surface area contributed by atoms with Gasteiger partial charge in [-0.1, -0.05) is 13.3 Å². The van der Waals surface area contributed by atoms with Crippen molar-refractivity contribution in [1.82, 2.24) is 10.2 Å². The monoisotopic (exact) mass is 252 g/mol. The lowest BCUT2D eigenvalue weighted by Crippen LogP contribution is -2.53. The molecule has 2 aliphatic heterocycles. The Morgan fingerprint density at radius 1 is 1.33 bits per heavy atom. The molecular weight excluding hydrogens is 228 g/mol. The highest BCUT2D eigenvalue weighted by atomic mass is 16.1. The van der Waals surface area contributed by atoms with E-state index in [-0.39, 0.29) is 5.91 Å². The molecule has 0 saturated carbocycles. The van der Waals surface area contributed by atoms with Gasteiger partial charge in [-0.15, -0.1) is 0 Å². The van der Waals surface area contributed by atoms with E-state index in [1.807, 2.05) is 0 Å². The van der Waals surface area contributed by atoms with Crippen LogP contribution in [0.15, 0.2) is 0 Å². The Hall–Kier alpha value is -0.900. The van der Waals surface area contributed by atoms with Crippen LogP contribution in [-0.4, -0.2) is 41.8 Å². The Morgan fingerprint density at radius 3 is 2.61 bits per heavy atom. The minimum Gasteiger partial charge on any atom is -0.356 e. The third kappa shape index (κ3) is 3.31. The minimum atomic E-state index is 0.145. The molecule has 102 valence electrons. The summed E-state index contributed by atoms with van der Waals surface area (Å²) in [5.41, 5.74) is 0. The van der Waals surface area contributed by atoms with Crippen molar-refractivity contribution in [2.45, 2.75) is 64.0 Å². The number of nitrogens with zero attached hydrogens (tertiary/aromatic N) is 1. The highest BCUT2D eigenvalue weighted by molar-refractivity contribution is 5.80. The molecule has 2 bridgehead atoms. The van der Waals surface area contributed by atoms with Gasteiger partial charge in [0, 0.05) is 44.4 Å². The number of Topliss-reactive ketones (excluding diaryl/α,β-unsaturated/α-hetero) is 1. The van der Waals surface area contributed by atoms with Gasteiger partial charge in [0.15, 0.2) is 0 Å². The van der Waals surface area contributed by atoms with Gasteiger partial charge < -0.3 is 5.32 Å². The Kier molecular flexibility index (Phi) is 4.75. The van der Waals surface area contributed by atoms with Gasteiger partial charge in [-0.2, -0.15) is 0 Å². The summed E-state index contributed by atoms with van der Waals surface area (Å²) < 4.78 is 0. The summed E-state index contributed by atoms with van der Waals surface area (Å²) in [5, 5.41) is 2.91. The zero-order valence-electron chi connectivity index (χ0n) is 11.3. The van der Waals surface area contributed by atoms with Crippen LogP contribution >= 0.6 is 0 Å². The molecule has 0 aliphatic carbocycles. The van der Waals surface area contributed by atoms with E-state index in [2.05, 4.69) is 17.1 Å². The quantitative estimate of drug-likeness (QED) is 0.806. The Labute approximate surface area is 109 Å². The molecule has 2 rings (SSSR count). The molecule has 2 atom stereocenters. The molecule has 4 heteroatoms. The smallest absolute Gasteiger partial charge is 0.221 e. The largest absolute Gasteiger partial charge is 0.356 e. The van der Waals surface area contributed by atoms with E-state index in [1.165, 1.54) is 6.42 Å². The van der Waals surface area contributed by atoms with E-state index in [1.54, 1.807) is 0 Å². The lowest BCUT2D eigenvalue weighted by molar-refractivity contribution is -0.127. The summed E-state index contributed by atoms with van der Waals surface area (Å²) in [6.07, 6.45) is 6.44. The molecule has 1 amide bonds. The summed E-state index contributed by atoms with van der Waals surface area (Å²) in [7, 11) is 0. The second kappa shape index (κ2) is 6.32. The predicted molar refractivity (Wildman–Crippen MR) is 70.3 cm³/mol. The van der Waals surface area contributed by atoms with Gasteiger partial charge in [-0.25, -0.2) is 0 Å². The molecule has 2 saturated heterocycles. The molecule has 0 aromatic heterocycles. The maximum atomic E-state index is 11.6. The van der Waals surface area contributed by atoms with E-state index in [0.717, 1.165) is 32.4 Å². The van der Waals surface area contributed by atoms with Gasteiger partial charge in [0.1, 0.15) is 5.78 Å². The van der Waals surface area contributed by atoms with Crippen molar-refractivity contribution in [3.05, 3.63) is 0 Å². The molecule has 18 heavy (non-hydrogen) atoms. The third-order valence-electron chi connectivity index (χ3n) is 4.11. The van der Waals surface area contributed by atoms with E-state index >= 15 is 0 Å². The number of nitrogens with one attached hydrogen (secondary N) is 1. The van der Waals surface area contributed by atoms with Crippen LogP contribution in [-0.2, 0) is 9.59 Å². The zero-order valence-corrected chi connectivity index (χ0v) is 11.3. The lowest BCUT2D eigenvalue weighted by Gasteiger charge is -2.45. The second-order valence-electron chi connectivity index (χ2n) is 5.52. The van der Waals surface area contributed by atoms with Crippen molar-refractivity contribution in [3.8, 4) is 0 Å². The summed E-state index contributed by atoms with van der Waals surface area (Å²) in [4.78, 5) is 25.6. The summed E-state index contributed by atoms with van der Waals surface area (Å²) in [5.74, 6) is 0.559. The third-order valence-corrected chi connectivity index (χ3v) is 4.11. The molecule has 0 radical (unpaired) electrons. The Morgan fingerprint density at radius 2 is 2.00 bits per heavy atom. The maximum absolute atomic E-state index is 11.6. The van der Waals surface area contributed by atoms with Crippen LogP contribution in [0.3, 0.4) is 0 Å². The standard InChI is InChI=1S/C14H24N2O2/c1-2-7-15-14(18)6-8-16-11-4-3-5-12(16)10-13(17)9-11/h11-12H,2-10H2,1H3,(H,15,18). The van der Waals surface area contributed by atoms with Crippen molar-refractivity contribution in [2.24, 2.45) is 0 Å². The fraction of sp³-hybridized carbons (Fsp3) is 0.857. The number of fused-ring (bicyclic) bond motifs is 2.